The number of amides is 2. The average molecular weight is 455 g/mol. The monoisotopic (exact) mass is 454 g/mol. The highest BCUT2D eigenvalue weighted by Gasteiger charge is 2.36. The van der Waals surface area contributed by atoms with Crippen molar-refractivity contribution >= 4 is 12.0 Å². The number of carbonyl (C=O) groups excluding carboxylic acids is 1. The molecule has 0 spiro atoms. The van der Waals surface area contributed by atoms with Crippen LogP contribution in [0.1, 0.15) is 44.7 Å². The largest absolute Gasteiger partial charge is 0.494 e. The molecule has 1 aliphatic heterocycles. The third-order valence-electron chi connectivity index (χ3n) is 5.78. The Labute approximate surface area is 195 Å². The van der Waals surface area contributed by atoms with E-state index in [4.69, 9.17) is 9.47 Å². The Morgan fingerprint density at radius 3 is 2.33 bits per heavy atom. The molecular formula is C26H34N2O5. The van der Waals surface area contributed by atoms with E-state index in [-0.39, 0.29) is 12.1 Å². The number of carboxylic acid groups (broad SMARTS) is 1. The first-order valence-electron chi connectivity index (χ1n) is 11.5. The maximum atomic E-state index is 13.0. The van der Waals surface area contributed by atoms with E-state index in [1.54, 1.807) is 24.3 Å². The summed E-state index contributed by atoms with van der Waals surface area (Å²) < 4.78 is 11.4. The molecule has 1 heterocycles. The first-order valence-corrected chi connectivity index (χ1v) is 11.5. The fourth-order valence-electron chi connectivity index (χ4n) is 3.84. The van der Waals surface area contributed by atoms with E-state index in [0.717, 1.165) is 24.9 Å². The summed E-state index contributed by atoms with van der Waals surface area (Å²) in [5.41, 5.74) is 1.04. The molecule has 1 saturated heterocycles. The molecule has 1 N–H and O–H groups in total. The van der Waals surface area contributed by atoms with E-state index >= 15 is 0 Å². The fraction of sp³-hybridized carbons (Fsp3) is 0.462. The molecule has 2 amide bonds. The molecule has 7 heteroatoms. The Bertz CT molecular complexity index is 940. The van der Waals surface area contributed by atoms with E-state index in [1.165, 1.54) is 19.4 Å². The zero-order valence-electron chi connectivity index (χ0n) is 19.9. The van der Waals surface area contributed by atoms with Gasteiger partial charge in [0.2, 0.25) is 0 Å². The predicted octanol–water partition coefficient (Wildman–Crippen LogP) is 4.72. The summed E-state index contributed by atoms with van der Waals surface area (Å²) in [6.45, 7) is 9.67. The highest BCUT2D eigenvalue weighted by Crippen LogP contribution is 2.24. The van der Waals surface area contributed by atoms with Crippen LogP contribution >= 0.6 is 0 Å². The van der Waals surface area contributed by atoms with Crippen LogP contribution in [0.3, 0.4) is 0 Å². The van der Waals surface area contributed by atoms with Crippen molar-refractivity contribution in [1.82, 2.24) is 9.80 Å². The van der Waals surface area contributed by atoms with Gasteiger partial charge in [-0.2, -0.15) is 0 Å². The summed E-state index contributed by atoms with van der Waals surface area (Å²) in [5, 5.41) is 9.19. The molecule has 7 nitrogen and oxygen atoms in total. The second kappa shape index (κ2) is 10.6. The van der Waals surface area contributed by atoms with Gasteiger partial charge >= 0.3 is 12.0 Å². The highest BCUT2D eigenvalue weighted by atomic mass is 16.5. The van der Waals surface area contributed by atoms with Gasteiger partial charge in [0.25, 0.3) is 0 Å². The van der Waals surface area contributed by atoms with Gasteiger partial charge in [0, 0.05) is 26.1 Å². The minimum atomic E-state index is -1.30. The Kier molecular flexibility index (Phi) is 7.84. The van der Waals surface area contributed by atoms with Crippen molar-refractivity contribution < 1.29 is 24.2 Å². The van der Waals surface area contributed by atoms with Crippen molar-refractivity contribution in [2.24, 2.45) is 0 Å². The van der Waals surface area contributed by atoms with Gasteiger partial charge in [-0.25, -0.2) is 9.59 Å². The van der Waals surface area contributed by atoms with Gasteiger partial charge in [-0.05, 0) is 57.0 Å². The summed E-state index contributed by atoms with van der Waals surface area (Å²) in [6.07, 6.45) is 1.65. The van der Waals surface area contributed by atoms with Crippen molar-refractivity contribution in [3.63, 3.8) is 0 Å². The third kappa shape index (κ3) is 6.40. The Balaban J connectivity index is 1.54. The number of hydrogen-bond donors (Lipinski definition) is 1. The fourth-order valence-corrected chi connectivity index (χ4v) is 3.84. The van der Waals surface area contributed by atoms with Crippen molar-refractivity contribution in [2.45, 2.75) is 58.7 Å². The second-order valence-corrected chi connectivity index (χ2v) is 9.02. The molecule has 0 radical (unpaired) electrons. The van der Waals surface area contributed by atoms with Gasteiger partial charge in [-0.1, -0.05) is 36.8 Å². The summed E-state index contributed by atoms with van der Waals surface area (Å²) in [6, 6.07) is 15.4. The molecule has 1 aliphatic rings. The number of urea groups is 1. The molecule has 0 aliphatic carbocycles. The van der Waals surface area contributed by atoms with Gasteiger partial charge in [0.1, 0.15) is 11.5 Å². The molecule has 1 fully saturated rings. The molecule has 1 atom stereocenters. The quantitative estimate of drug-likeness (QED) is 0.531. The number of hydrogen-bond acceptors (Lipinski definition) is 4. The average Bonchev–Trinajstić information content (AvgIpc) is 3.05. The second-order valence-electron chi connectivity index (χ2n) is 9.02. The lowest BCUT2D eigenvalue weighted by atomic mass is 10.1. The van der Waals surface area contributed by atoms with E-state index < -0.39 is 11.6 Å². The molecule has 2 aromatic carbocycles. The molecule has 178 valence electrons. The van der Waals surface area contributed by atoms with E-state index in [1.807, 2.05) is 9.80 Å². The number of benzene rings is 2. The summed E-state index contributed by atoms with van der Waals surface area (Å²) in [7, 11) is 0. The van der Waals surface area contributed by atoms with Gasteiger partial charge in [-0.15, -0.1) is 0 Å². The van der Waals surface area contributed by atoms with Crippen LogP contribution in [-0.2, 0) is 11.3 Å². The van der Waals surface area contributed by atoms with Crippen LogP contribution in [-0.4, -0.2) is 58.2 Å². The lowest BCUT2D eigenvalue weighted by Gasteiger charge is -2.23. The molecule has 33 heavy (non-hydrogen) atoms. The number of carboxylic acids is 1. The van der Waals surface area contributed by atoms with Crippen molar-refractivity contribution in [2.75, 3.05) is 19.7 Å². The zero-order chi connectivity index (χ0) is 24.0. The van der Waals surface area contributed by atoms with Crippen LogP contribution in [0.15, 0.2) is 48.5 Å². The van der Waals surface area contributed by atoms with Crippen LogP contribution in [0, 0.1) is 6.92 Å². The number of aryl methyl sites for hydroxylation is 1. The molecular weight excluding hydrogens is 420 g/mol. The topological polar surface area (TPSA) is 79.3 Å². The minimum Gasteiger partial charge on any atom is -0.494 e. The minimum absolute atomic E-state index is 0.0879. The lowest BCUT2D eigenvalue weighted by Crippen LogP contribution is -2.37. The smallest absolute Gasteiger partial charge is 0.347 e. The molecule has 2 aromatic rings. The molecule has 0 aromatic heterocycles. The highest BCUT2D eigenvalue weighted by molar-refractivity contribution is 5.77. The van der Waals surface area contributed by atoms with E-state index in [9.17, 15) is 14.7 Å². The third-order valence-corrected chi connectivity index (χ3v) is 5.78. The van der Waals surface area contributed by atoms with Crippen molar-refractivity contribution in [3.8, 4) is 11.5 Å². The van der Waals surface area contributed by atoms with E-state index in [0.29, 0.717) is 31.2 Å². The SMILES string of the molecule is CCCN1C(=O)N(Cc2ccc(C)cc2)CC1CCOc1ccc(OC(C)(C)C(=O)O)cc1. The van der Waals surface area contributed by atoms with Gasteiger partial charge in [0.15, 0.2) is 5.60 Å². The number of ether oxygens (including phenoxy) is 2. The van der Waals surface area contributed by atoms with Crippen LogP contribution < -0.4 is 9.47 Å². The number of aliphatic carboxylic acids is 1. The molecule has 0 bridgehead atoms. The number of carbonyl (C=O) groups is 2. The molecule has 3 rings (SSSR count). The van der Waals surface area contributed by atoms with Crippen LogP contribution in [0.2, 0.25) is 0 Å². The lowest BCUT2D eigenvalue weighted by molar-refractivity contribution is -0.152. The number of rotatable bonds is 11. The maximum Gasteiger partial charge on any atom is 0.347 e. The van der Waals surface area contributed by atoms with Crippen LogP contribution in [0.25, 0.3) is 0 Å². The van der Waals surface area contributed by atoms with E-state index in [2.05, 4.69) is 38.1 Å². The van der Waals surface area contributed by atoms with Gasteiger partial charge in [0.05, 0.1) is 12.6 Å². The van der Waals surface area contributed by atoms with Gasteiger partial charge < -0.3 is 24.4 Å². The first-order chi connectivity index (χ1) is 15.7. The number of nitrogens with zero attached hydrogens (tertiary/aromatic N) is 2. The van der Waals surface area contributed by atoms with Crippen molar-refractivity contribution in [3.05, 3.63) is 59.7 Å². The maximum absolute atomic E-state index is 13.0. The Morgan fingerprint density at radius 1 is 1.09 bits per heavy atom. The first kappa shape index (κ1) is 24.4. The van der Waals surface area contributed by atoms with Crippen molar-refractivity contribution in [1.29, 1.82) is 0 Å². The Morgan fingerprint density at radius 2 is 1.73 bits per heavy atom. The standard InChI is InChI=1S/C26H34N2O5/c1-5-15-28-21(18-27(25(28)31)17-20-8-6-19(2)7-9-20)14-16-32-22-10-12-23(13-11-22)33-26(3,4)24(29)30/h6-13,21H,5,14-18H2,1-4H3,(H,29,30). The normalized spacial score (nSPS) is 16.2. The van der Waals surface area contributed by atoms with Crippen LogP contribution in [0.4, 0.5) is 4.79 Å². The molecule has 0 saturated carbocycles. The summed E-state index contributed by atoms with van der Waals surface area (Å²) in [5.74, 6) is 0.123. The molecule has 1 unspecified atom stereocenters. The zero-order valence-corrected chi connectivity index (χ0v) is 19.9. The Hall–Kier alpha value is -3.22. The summed E-state index contributed by atoms with van der Waals surface area (Å²) >= 11 is 0. The van der Waals surface area contributed by atoms with Crippen LogP contribution in [0.5, 0.6) is 11.5 Å². The summed E-state index contributed by atoms with van der Waals surface area (Å²) in [4.78, 5) is 28.1. The predicted molar refractivity (Wildman–Crippen MR) is 127 cm³/mol. The van der Waals surface area contributed by atoms with Gasteiger partial charge in [-0.3, -0.25) is 0 Å².